The van der Waals surface area contributed by atoms with Crippen molar-refractivity contribution in [2.24, 2.45) is 0 Å². The Kier molecular flexibility index (Phi) is 5.05. The summed E-state index contributed by atoms with van der Waals surface area (Å²) in [6, 6.07) is 10.9. The number of aromatic hydroxyl groups is 1. The fraction of sp³-hybridized carbons (Fsp3) is 0.160. The third kappa shape index (κ3) is 3.82. The van der Waals surface area contributed by atoms with Crippen molar-refractivity contribution >= 4 is 22.5 Å². The van der Waals surface area contributed by atoms with E-state index in [1.807, 2.05) is 24.3 Å². The van der Waals surface area contributed by atoms with Crippen LogP contribution >= 0.6 is 0 Å². The number of nitrogens with one attached hydrogen (secondary N) is 1. The molecule has 0 radical (unpaired) electrons. The molecule has 0 saturated carbocycles. The number of hydrogen-bond acceptors (Lipinski definition) is 7. The molecule has 0 fully saturated rings. The lowest BCUT2D eigenvalue weighted by molar-refractivity contribution is 0.454. The van der Waals surface area contributed by atoms with Crippen molar-refractivity contribution in [3.63, 3.8) is 0 Å². The van der Waals surface area contributed by atoms with E-state index in [0.29, 0.717) is 28.7 Å². The number of aryl methyl sites for hydroxylation is 1. The summed E-state index contributed by atoms with van der Waals surface area (Å²) in [5.74, 6) is -0.445. The number of rotatable bonds is 5. The standard InChI is InChI=1S/C25H19F2N7O/c26-18-10-14(35)11-19(27)17(18)12-34-21-7-2-1-4-16(21)23(33-34)25-30-20-6-3-5-15(20)24(32-25)31-22-8-9-28-13-29-22/h1-2,4,7-11,13,35H,3,5-6,12H2,(H,28,29,30,31,32). The molecule has 0 amide bonds. The Morgan fingerprint density at radius 1 is 1.03 bits per heavy atom. The van der Waals surface area contributed by atoms with Crippen LogP contribution in [0.15, 0.2) is 55.0 Å². The van der Waals surface area contributed by atoms with E-state index in [0.717, 1.165) is 48.0 Å². The fourth-order valence-corrected chi connectivity index (χ4v) is 4.43. The summed E-state index contributed by atoms with van der Waals surface area (Å²) in [4.78, 5) is 17.8. The molecule has 0 saturated heterocycles. The molecule has 10 heteroatoms. The van der Waals surface area contributed by atoms with E-state index >= 15 is 0 Å². The Morgan fingerprint density at radius 3 is 2.66 bits per heavy atom. The number of phenolic OH excluding ortho intramolecular Hbond substituents is 1. The summed E-state index contributed by atoms with van der Waals surface area (Å²) in [6.45, 7) is -0.157. The number of anilines is 2. The van der Waals surface area contributed by atoms with Crippen molar-refractivity contribution in [3.05, 3.63) is 83.4 Å². The molecule has 3 heterocycles. The molecule has 0 aliphatic heterocycles. The Labute approximate surface area is 198 Å². The van der Waals surface area contributed by atoms with Crippen LogP contribution in [0, 0.1) is 11.6 Å². The maximum atomic E-state index is 14.5. The Hall–Kier alpha value is -4.47. The first-order valence-electron chi connectivity index (χ1n) is 11.1. The number of phenols is 1. The van der Waals surface area contributed by atoms with E-state index in [4.69, 9.17) is 9.97 Å². The Bertz CT molecular complexity index is 1550. The summed E-state index contributed by atoms with van der Waals surface area (Å²) in [6.07, 6.45) is 5.76. The van der Waals surface area contributed by atoms with Crippen molar-refractivity contribution < 1.29 is 13.9 Å². The van der Waals surface area contributed by atoms with Gasteiger partial charge in [-0.05, 0) is 31.4 Å². The van der Waals surface area contributed by atoms with Crippen LogP contribution in [0.3, 0.4) is 0 Å². The SMILES string of the molecule is Oc1cc(F)c(Cn2nc(-c3nc4c(c(Nc5ccncn5)n3)CCC4)c3ccccc32)c(F)c1. The quantitative estimate of drug-likeness (QED) is 0.388. The molecule has 2 N–H and O–H groups in total. The lowest BCUT2D eigenvalue weighted by atomic mass is 10.1. The minimum absolute atomic E-state index is 0.157. The van der Waals surface area contributed by atoms with Crippen LogP contribution in [0.4, 0.5) is 20.4 Å². The lowest BCUT2D eigenvalue weighted by Crippen LogP contribution is -2.07. The Balaban J connectivity index is 1.47. The second-order valence-corrected chi connectivity index (χ2v) is 8.31. The molecular formula is C25H19F2N7O. The van der Waals surface area contributed by atoms with Crippen molar-refractivity contribution in [1.29, 1.82) is 0 Å². The highest BCUT2D eigenvalue weighted by Crippen LogP contribution is 2.33. The van der Waals surface area contributed by atoms with Crippen LogP contribution < -0.4 is 5.32 Å². The molecule has 6 rings (SSSR count). The molecule has 1 aliphatic carbocycles. The number of fused-ring (bicyclic) bond motifs is 2. The molecule has 0 unspecified atom stereocenters. The first-order valence-corrected chi connectivity index (χ1v) is 11.1. The van der Waals surface area contributed by atoms with Crippen LogP contribution in [-0.2, 0) is 19.4 Å². The molecule has 2 aromatic carbocycles. The molecule has 35 heavy (non-hydrogen) atoms. The monoisotopic (exact) mass is 471 g/mol. The van der Waals surface area contributed by atoms with Crippen molar-refractivity contribution in [2.75, 3.05) is 5.32 Å². The second kappa shape index (κ2) is 8.39. The van der Waals surface area contributed by atoms with Gasteiger partial charge < -0.3 is 10.4 Å². The molecule has 0 bridgehead atoms. The normalized spacial score (nSPS) is 12.7. The summed E-state index contributed by atoms with van der Waals surface area (Å²) < 4.78 is 30.4. The molecule has 174 valence electrons. The van der Waals surface area contributed by atoms with Gasteiger partial charge in [0, 0.05) is 40.5 Å². The van der Waals surface area contributed by atoms with E-state index < -0.39 is 17.4 Å². The number of para-hydroxylation sites is 1. The molecule has 8 nitrogen and oxygen atoms in total. The lowest BCUT2D eigenvalue weighted by Gasteiger charge is -2.11. The van der Waals surface area contributed by atoms with Gasteiger partial charge in [-0.15, -0.1) is 0 Å². The van der Waals surface area contributed by atoms with Gasteiger partial charge in [-0.2, -0.15) is 5.10 Å². The first kappa shape index (κ1) is 21.1. The smallest absolute Gasteiger partial charge is 0.182 e. The summed E-state index contributed by atoms with van der Waals surface area (Å²) in [5.41, 5.74) is 3.00. The predicted octanol–water partition coefficient (Wildman–Crippen LogP) is 4.55. The van der Waals surface area contributed by atoms with Gasteiger partial charge in [-0.3, -0.25) is 4.68 Å². The molecule has 5 aromatic rings. The number of aromatic nitrogens is 6. The summed E-state index contributed by atoms with van der Waals surface area (Å²) in [5, 5.41) is 18.2. The third-order valence-electron chi connectivity index (χ3n) is 6.06. The highest BCUT2D eigenvalue weighted by Gasteiger charge is 2.23. The predicted molar refractivity (Wildman–Crippen MR) is 125 cm³/mol. The third-order valence-corrected chi connectivity index (χ3v) is 6.06. The van der Waals surface area contributed by atoms with Crippen LogP contribution in [0.5, 0.6) is 5.75 Å². The second-order valence-electron chi connectivity index (χ2n) is 8.31. The van der Waals surface area contributed by atoms with Gasteiger partial charge in [0.1, 0.15) is 41.0 Å². The van der Waals surface area contributed by atoms with Gasteiger partial charge in [0.05, 0.1) is 12.1 Å². The molecule has 1 aliphatic rings. The number of hydrogen-bond donors (Lipinski definition) is 2. The molecule has 3 aromatic heterocycles. The van der Waals surface area contributed by atoms with E-state index in [2.05, 4.69) is 20.4 Å². The van der Waals surface area contributed by atoms with E-state index in [-0.39, 0.29) is 12.1 Å². The van der Waals surface area contributed by atoms with Gasteiger partial charge in [0.25, 0.3) is 0 Å². The molecular weight excluding hydrogens is 452 g/mol. The van der Waals surface area contributed by atoms with Gasteiger partial charge in [0.15, 0.2) is 5.82 Å². The number of halogens is 2. The largest absolute Gasteiger partial charge is 0.508 e. The zero-order valence-corrected chi connectivity index (χ0v) is 18.4. The highest BCUT2D eigenvalue weighted by molar-refractivity contribution is 5.92. The van der Waals surface area contributed by atoms with Crippen LogP contribution in [0.25, 0.3) is 22.4 Å². The van der Waals surface area contributed by atoms with Gasteiger partial charge in [-0.25, -0.2) is 28.7 Å². The first-order chi connectivity index (χ1) is 17.1. The van der Waals surface area contributed by atoms with Gasteiger partial charge in [-0.1, -0.05) is 18.2 Å². The van der Waals surface area contributed by atoms with Gasteiger partial charge >= 0.3 is 0 Å². The van der Waals surface area contributed by atoms with E-state index in [1.165, 1.54) is 11.0 Å². The number of benzene rings is 2. The zero-order chi connectivity index (χ0) is 23.9. The van der Waals surface area contributed by atoms with Crippen LogP contribution in [-0.4, -0.2) is 34.8 Å². The summed E-state index contributed by atoms with van der Waals surface area (Å²) >= 11 is 0. The topological polar surface area (TPSA) is 102 Å². The zero-order valence-electron chi connectivity index (χ0n) is 18.4. The van der Waals surface area contributed by atoms with Crippen LogP contribution in [0.1, 0.15) is 23.2 Å². The molecule has 0 atom stereocenters. The Morgan fingerprint density at radius 2 is 1.86 bits per heavy atom. The number of nitrogens with zero attached hydrogens (tertiary/aromatic N) is 6. The van der Waals surface area contributed by atoms with Crippen LogP contribution in [0.2, 0.25) is 0 Å². The fourth-order valence-electron chi connectivity index (χ4n) is 4.43. The van der Waals surface area contributed by atoms with Gasteiger partial charge in [0.2, 0.25) is 0 Å². The average Bonchev–Trinajstić information content (AvgIpc) is 3.47. The van der Waals surface area contributed by atoms with Crippen molar-refractivity contribution in [2.45, 2.75) is 25.8 Å². The minimum atomic E-state index is -0.839. The highest BCUT2D eigenvalue weighted by atomic mass is 19.1. The summed E-state index contributed by atoms with van der Waals surface area (Å²) in [7, 11) is 0. The average molecular weight is 471 g/mol. The van der Waals surface area contributed by atoms with E-state index in [9.17, 15) is 13.9 Å². The maximum Gasteiger partial charge on any atom is 0.182 e. The minimum Gasteiger partial charge on any atom is -0.508 e. The van der Waals surface area contributed by atoms with E-state index in [1.54, 1.807) is 12.3 Å². The molecule has 0 spiro atoms. The van der Waals surface area contributed by atoms with Crippen molar-refractivity contribution in [3.8, 4) is 17.3 Å². The van der Waals surface area contributed by atoms with Crippen molar-refractivity contribution in [1.82, 2.24) is 29.7 Å². The maximum absolute atomic E-state index is 14.5.